The highest BCUT2D eigenvalue weighted by Gasteiger charge is 2.19. The Morgan fingerprint density at radius 1 is 1.00 bits per heavy atom. The topological polar surface area (TPSA) is 12.0 Å². The van der Waals surface area contributed by atoms with Gasteiger partial charge < -0.3 is 5.32 Å². The van der Waals surface area contributed by atoms with E-state index in [9.17, 15) is 0 Å². The second-order valence-electron chi connectivity index (χ2n) is 6.67. The fourth-order valence-electron chi connectivity index (χ4n) is 3.89. The fourth-order valence-corrected chi connectivity index (χ4v) is 3.89. The van der Waals surface area contributed by atoms with E-state index in [4.69, 9.17) is 0 Å². The molecule has 1 N–H and O–H groups in total. The van der Waals surface area contributed by atoms with Gasteiger partial charge >= 0.3 is 0 Å². The molecule has 1 atom stereocenters. The van der Waals surface area contributed by atoms with Gasteiger partial charge in [-0.3, -0.25) is 0 Å². The summed E-state index contributed by atoms with van der Waals surface area (Å²) >= 11 is 0. The normalized spacial score (nSPS) is 18.4. The van der Waals surface area contributed by atoms with Gasteiger partial charge in [-0.2, -0.15) is 0 Å². The average Bonchev–Trinajstić information content (AvgIpc) is 2.80. The van der Waals surface area contributed by atoms with Gasteiger partial charge in [-0.25, -0.2) is 0 Å². The van der Waals surface area contributed by atoms with Crippen molar-refractivity contribution in [1.82, 2.24) is 5.32 Å². The number of hydrogen-bond donors (Lipinski definition) is 1. The number of rotatable bonds is 6. The summed E-state index contributed by atoms with van der Waals surface area (Å²) < 4.78 is 0. The highest BCUT2D eigenvalue weighted by molar-refractivity contribution is 5.33. The Kier molecular flexibility index (Phi) is 6.76. The molecule has 0 heterocycles. The van der Waals surface area contributed by atoms with Crippen LogP contribution in [0, 0.1) is 5.92 Å². The number of aryl methyl sites for hydroxylation is 2. The minimum Gasteiger partial charge on any atom is -0.313 e. The standard InChI is InChI=1S/C20H33N/c1-4-17-12-13-19(15-18(17)5-2)20(21-3)14-16-10-8-6-7-9-11-16/h12-13,15-16,20-21H,4-11,14H2,1-3H3. The summed E-state index contributed by atoms with van der Waals surface area (Å²) in [5, 5.41) is 3.57. The highest BCUT2D eigenvalue weighted by Crippen LogP contribution is 2.31. The first-order valence-electron chi connectivity index (χ1n) is 9.07. The molecular formula is C20H33N. The second kappa shape index (κ2) is 8.58. The molecule has 1 aromatic carbocycles. The van der Waals surface area contributed by atoms with Gasteiger partial charge in [0.25, 0.3) is 0 Å². The van der Waals surface area contributed by atoms with Crippen molar-refractivity contribution in [2.75, 3.05) is 7.05 Å². The summed E-state index contributed by atoms with van der Waals surface area (Å²) in [5.41, 5.74) is 4.55. The van der Waals surface area contributed by atoms with Crippen LogP contribution in [0.4, 0.5) is 0 Å². The van der Waals surface area contributed by atoms with E-state index in [1.807, 2.05) is 0 Å². The zero-order valence-electron chi connectivity index (χ0n) is 14.3. The molecule has 0 spiro atoms. The molecule has 0 amide bonds. The molecule has 0 radical (unpaired) electrons. The van der Waals surface area contributed by atoms with Crippen molar-refractivity contribution >= 4 is 0 Å². The molecule has 0 saturated heterocycles. The van der Waals surface area contributed by atoms with E-state index in [-0.39, 0.29) is 0 Å². The fraction of sp³-hybridized carbons (Fsp3) is 0.700. The van der Waals surface area contributed by atoms with Crippen molar-refractivity contribution in [3.63, 3.8) is 0 Å². The lowest BCUT2D eigenvalue weighted by Crippen LogP contribution is -2.20. The molecule has 1 saturated carbocycles. The lowest BCUT2D eigenvalue weighted by atomic mass is 9.88. The lowest BCUT2D eigenvalue weighted by Gasteiger charge is -2.23. The van der Waals surface area contributed by atoms with Crippen LogP contribution in [-0.2, 0) is 12.8 Å². The van der Waals surface area contributed by atoms with E-state index < -0.39 is 0 Å². The maximum atomic E-state index is 3.57. The zero-order valence-corrected chi connectivity index (χ0v) is 14.3. The predicted molar refractivity (Wildman–Crippen MR) is 92.8 cm³/mol. The third-order valence-corrected chi connectivity index (χ3v) is 5.29. The molecule has 1 aliphatic carbocycles. The van der Waals surface area contributed by atoms with Crippen LogP contribution in [0.5, 0.6) is 0 Å². The van der Waals surface area contributed by atoms with Gasteiger partial charge in [-0.1, -0.05) is 70.6 Å². The van der Waals surface area contributed by atoms with E-state index in [0.717, 1.165) is 18.8 Å². The van der Waals surface area contributed by atoms with Crippen LogP contribution in [0.3, 0.4) is 0 Å². The third kappa shape index (κ3) is 4.57. The Balaban J connectivity index is 2.09. The molecule has 0 aliphatic heterocycles. The first kappa shape index (κ1) is 16.5. The van der Waals surface area contributed by atoms with Crippen LogP contribution in [0.25, 0.3) is 0 Å². The molecule has 0 bridgehead atoms. The maximum Gasteiger partial charge on any atom is 0.0320 e. The summed E-state index contributed by atoms with van der Waals surface area (Å²) in [5.74, 6) is 0.917. The van der Waals surface area contributed by atoms with E-state index in [1.165, 1.54) is 61.6 Å². The van der Waals surface area contributed by atoms with Gasteiger partial charge in [0, 0.05) is 6.04 Å². The molecule has 1 fully saturated rings. The predicted octanol–water partition coefficient (Wildman–Crippen LogP) is 5.43. The Morgan fingerprint density at radius 3 is 2.24 bits per heavy atom. The van der Waals surface area contributed by atoms with Gasteiger partial charge in [0.2, 0.25) is 0 Å². The Labute approximate surface area is 131 Å². The molecule has 1 aliphatic rings. The van der Waals surface area contributed by atoms with Crippen molar-refractivity contribution in [3.05, 3.63) is 34.9 Å². The maximum absolute atomic E-state index is 3.57. The van der Waals surface area contributed by atoms with E-state index in [2.05, 4.69) is 44.4 Å². The quantitative estimate of drug-likeness (QED) is 0.688. The van der Waals surface area contributed by atoms with Crippen LogP contribution in [0.1, 0.15) is 81.5 Å². The minimum atomic E-state index is 0.532. The molecule has 1 nitrogen and oxygen atoms in total. The SMILES string of the molecule is CCc1ccc(C(CC2CCCCCC2)NC)cc1CC. The van der Waals surface area contributed by atoms with Crippen LogP contribution in [0.15, 0.2) is 18.2 Å². The van der Waals surface area contributed by atoms with Crippen molar-refractivity contribution in [3.8, 4) is 0 Å². The zero-order chi connectivity index (χ0) is 15.1. The van der Waals surface area contributed by atoms with E-state index >= 15 is 0 Å². The van der Waals surface area contributed by atoms with Gasteiger partial charge in [0.15, 0.2) is 0 Å². The third-order valence-electron chi connectivity index (χ3n) is 5.29. The van der Waals surface area contributed by atoms with Gasteiger partial charge in [-0.15, -0.1) is 0 Å². The first-order chi connectivity index (χ1) is 10.3. The summed E-state index contributed by atoms with van der Waals surface area (Å²) in [6, 6.07) is 7.70. The van der Waals surface area contributed by atoms with Crippen LogP contribution < -0.4 is 5.32 Å². The summed E-state index contributed by atoms with van der Waals surface area (Å²) in [7, 11) is 2.13. The van der Waals surface area contributed by atoms with Gasteiger partial charge in [0.05, 0.1) is 0 Å². The second-order valence-corrected chi connectivity index (χ2v) is 6.67. The molecule has 1 aromatic rings. The largest absolute Gasteiger partial charge is 0.313 e. The molecule has 21 heavy (non-hydrogen) atoms. The van der Waals surface area contributed by atoms with E-state index in [1.54, 1.807) is 0 Å². The van der Waals surface area contributed by atoms with Gasteiger partial charge in [0.1, 0.15) is 0 Å². The molecule has 2 rings (SSSR count). The van der Waals surface area contributed by atoms with Crippen LogP contribution in [-0.4, -0.2) is 7.05 Å². The Morgan fingerprint density at radius 2 is 1.67 bits per heavy atom. The number of hydrogen-bond acceptors (Lipinski definition) is 1. The van der Waals surface area contributed by atoms with Crippen molar-refractivity contribution in [2.45, 2.75) is 77.7 Å². The smallest absolute Gasteiger partial charge is 0.0320 e. The molecule has 0 aromatic heterocycles. The first-order valence-corrected chi connectivity index (χ1v) is 9.07. The number of benzene rings is 1. The number of nitrogens with one attached hydrogen (secondary N) is 1. The molecular weight excluding hydrogens is 254 g/mol. The minimum absolute atomic E-state index is 0.532. The molecule has 1 heteroatoms. The van der Waals surface area contributed by atoms with Crippen molar-refractivity contribution < 1.29 is 0 Å². The summed E-state index contributed by atoms with van der Waals surface area (Å²) in [4.78, 5) is 0. The molecule has 118 valence electrons. The Bertz CT molecular complexity index is 416. The van der Waals surface area contributed by atoms with Gasteiger partial charge in [-0.05, 0) is 48.9 Å². The average molecular weight is 287 g/mol. The Hall–Kier alpha value is -0.820. The van der Waals surface area contributed by atoms with Crippen LogP contribution in [0.2, 0.25) is 0 Å². The molecule has 1 unspecified atom stereocenters. The lowest BCUT2D eigenvalue weighted by molar-refractivity contribution is 0.368. The monoisotopic (exact) mass is 287 g/mol. The van der Waals surface area contributed by atoms with Crippen LogP contribution >= 0.6 is 0 Å². The van der Waals surface area contributed by atoms with Crippen molar-refractivity contribution in [1.29, 1.82) is 0 Å². The van der Waals surface area contributed by atoms with E-state index in [0.29, 0.717) is 6.04 Å². The summed E-state index contributed by atoms with van der Waals surface area (Å²) in [6.45, 7) is 4.53. The summed E-state index contributed by atoms with van der Waals surface area (Å²) in [6.07, 6.45) is 12.3. The van der Waals surface area contributed by atoms with Crippen molar-refractivity contribution in [2.24, 2.45) is 5.92 Å². The highest BCUT2D eigenvalue weighted by atomic mass is 14.9.